The first-order chi connectivity index (χ1) is 9.60. The van der Waals surface area contributed by atoms with Gasteiger partial charge in [0.05, 0.1) is 0 Å². The molecular formula is C17H25Cl2N. The first kappa shape index (κ1) is 16.1. The van der Waals surface area contributed by atoms with Crippen molar-refractivity contribution in [3.63, 3.8) is 0 Å². The summed E-state index contributed by atoms with van der Waals surface area (Å²) in [5.41, 5.74) is 1.17. The summed E-state index contributed by atoms with van der Waals surface area (Å²) in [4.78, 5) is 0. The maximum Gasteiger partial charge on any atom is 0.0439 e. The highest BCUT2D eigenvalue weighted by Gasteiger charge is 2.28. The van der Waals surface area contributed by atoms with Crippen molar-refractivity contribution in [3.8, 4) is 0 Å². The molecule has 1 fully saturated rings. The molecule has 1 aliphatic carbocycles. The third kappa shape index (κ3) is 4.38. The van der Waals surface area contributed by atoms with Crippen molar-refractivity contribution in [2.75, 3.05) is 6.54 Å². The van der Waals surface area contributed by atoms with Crippen LogP contribution in [0.4, 0.5) is 0 Å². The predicted octanol–water partition coefficient (Wildman–Crippen LogP) is 5.34. The maximum absolute atomic E-state index is 6.32. The second-order valence-corrected chi connectivity index (χ2v) is 7.02. The predicted molar refractivity (Wildman–Crippen MR) is 88.8 cm³/mol. The molecule has 3 heteroatoms. The van der Waals surface area contributed by atoms with E-state index in [4.69, 9.17) is 23.2 Å². The standard InChI is InChI=1S/C17H25Cl2N/c1-3-8-20-17(13-5-4-12(2)9-13)11-14-10-15(18)6-7-16(14)19/h6-7,10,12-13,17,20H,3-5,8-9,11H2,1-2H3. The van der Waals surface area contributed by atoms with Crippen molar-refractivity contribution >= 4 is 23.2 Å². The van der Waals surface area contributed by atoms with Crippen molar-refractivity contribution in [2.45, 2.75) is 52.0 Å². The number of rotatable bonds is 6. The molecule has 0 aliphatic heterocycles. The van der Waals surface area contributed by atoms with Gasteiger partial charge in [-0.2, -0.15) is 0 Å². The lowest BCUT2D eigenvalue weighted by Crippen LogP contribution is -2.37. The molecule has 3 unspecified atom stereocenters. The van der Waals surface area contributed by atoms with E-state index in [9.17, 15) is 0 Å². The van der Waals surface area contributed by atoms with Gasteiger partial charge in [-0.1, -0.05) is 43.5 Å². The molecule has 1 nitrogen and oxygen atoms in total. The van der Waals surface area contributed by atoms with Crippen LogP contribution in [-0.2, 0) is 6.42 Å². The molecule has 0 saturated heterocycles. The summed E-state index contributed by atoms with van der Waals surface area (Å²) < 4.78 is 0. The van der Waals surface area contributed by atoms with Crippen LogP contribution in [-0.4, -0.2) is 12.6 Å². The molecule has 1 aromatic rings. The highest BCUT2D eigenvalue weighted by Crippen LogP contribution is 2.34. The van der Waals surface area contributed by atoms with Crippen LogP contribution >= 0.6 is 23.2 Å². The minimum Gasteiger partial charge on any atom is -0.313 e. The van der Waals surface area contributed by atoms with Crippen molar-refractivity contribution in [1.29, 1.82) is 0 Å². The molecule has 20 heavy (non-hydrogen) atoms. The Hall–Kier alpha value is -0.240. The van der Waals surface area contributed by atoms with Crippen LogP contribution in [0.3, 0.4) is 0 Å². The Balaban J connectivity index is 2.08. The van der Waals surface area contributed by atoms with Crippen LogP contribution in [0.25, 0.3) is 0 Å². The molecule has 1 aromatic carbocycles. The number of halogens is 2. The summed E-state index contributed by atoms with van der Waals surface area (Å²) in [6, 6.07) is 6.31. The van der Waals surface area contributed by atoms with E-state index in [1.807, 2.05) is 18.2 Å². The lowest BCUT2D eigenvalue weighted by molar-refractivity contribution is 0.348. The smallest absolute Gasteiger partial charge is 0.0439 e. The quantitative estimate of drug-likeness (QED) is 0.747. The average Bonchev–Trinajstić information content (AvgIpc) is 2.85. The number of benzene rings is 1. The summed E-state index contributed by atoms with van der Waals surface area (Å²) in [6.45, 7) is 5.66. The number of nitrogens with one attached hydrogen (secondary N) is 1. The van der Waals surface area contributed by atoms with Gasteiger partial charge in [-0.3, -0.25) is 0 Å². The fourth-order valence-corrected chi connectivity index (χ4v) is 3.68. The van der Waals surface area contributed by atoms with Crippen LogP contribution in [0.15, 0.2) is 18.2 Å². The zero-order valence-electron chi connectivity index (χ0n) is 12.5. The Morgan fingerprint density at radius 2 is 2.10 bits per heavy atom. The van der Waals surface area contributed by atoms with Crippen LogP contribution in [0.2, 0.25) is 10.0 Å². The second kappa shape index (κ2) is 7.68. The molecule has 1 N–H and O–H groups in total. The van der Waals surface area contributed by atoms with Crippen LogP contribution < -0.4 is 5.32 Å². The van der Waals surface area contributed by atoms with Gasteiger partial charge in [0.15, 0.2) is 0 Å². The fraction of sp³-hybridized carbons (Fsp3) is 0.647. The first-order valence-electron chi connectivity index (χ1n) is 7.77. The molecule has 1 aliphatic rings. The molecule has 0 amide bonds. The summed E-state index contributed by atoms with van der Waals surface area (Å²) in [5.74, 6) is 1.63. The average molecular weight is 314 g/mol. The van der Waals surface area contributed by atoms with E-state index >= 15 is 0 Å². The van der Waals surface area contributed by atoms with Gasteiger partial charge in [-0.15, -0.1) is 0 Å². The van der Waals surface area contributed by atoms with E-state index in [0.717, 1.165) is 34.8 Å². The van der Waals surface area contributed by atoms with Gasteiger partial charge in [-0.25, -0.2) is 0 Å². The molecule has 0 aromatic heterocycles. The van der Waals surface area contributed by atoms with E-state index in [0.29, 0.717) is 6.04 Å². The molecule has 3 atom stereocenters. The fourth-order valence-electron chi connectivity index (χ4n) is 3.29. The van der Waals surface area contributed by atoms with Crippen LogP contribution in [0.1, 0.15) is 45.1 Å². The van der Waals surface area contributed by atoms with Crippen molar-refractivity contribution in [1.82, 2.24) is 5.32 Å². The number of hydrogen-bond donors (Lipinski definition) is 1. The molecule has 0 spiro atoms. The third-order valence-corrected chi connectivity index (χ3v) is 5.01. The van der Waals surface area contributed by atoms with E-state index in [2.05, 4.69) is 19.2 Å². The zero-order valence-corrected chi connectivity index (χ0v) is 14.0. The Morgan fingerprint density at radius 3 is 2.75 bits per heavy atom. The summed E-state index contributed by atoms with van der Waals surface area (Å²) in [7, 11) is 0. The van der Waals surface area contributed by atoms with Gasteiger partial charge in [0.1, 0.15) is 0 Å². The van der Waals surface area contributed by atoms with Gasteiger partial charge in [-0.05, 0) is 67.8 Å². The summed E-state index contributed by atoms with van der Waals surface area (Å²) >= 11 is 12.4. The van der Waals surface area contributed by atoms with Crippen molar-refractivity contribution in [2.24, 2.45) is 11.8 Å². The topological polar surface area (TPSA) is 12.0 Å². The van der Waals surface area contributed by atoms with Gasteiger partial charge in [0.25, 0.3) is 0 Å². The van der Waals surface area contributed by atoms with Gasteiger partial charge >= 0.3 is 0 Å². The maximum atomic E-state index is 6.32. The summed E-state index contributed by atoms with van der Waals surface area (Å²) in [6.07, 6.45) is 6.18. The minimum absolute atomic E-state index is 0.524. The van der Waals surface area contributed by atoms with Crippen LogP contribution in [0.5, 0.6) is 0 Å². The zero-order chi connectivity index (χ0) is 14.5. The van der Waals surface area contributed by atoms with E-state index in [-0.39, 0.29) is 0 Å². The first-order valence-corrected chi connectivity index (χ1v) is 8.53. The molecule has 0 radical (unpaired) electrons. The van der Waals surface area contributed by atoms with Crippen molar-refractivity contribution < 1.29 is 0 Å². The SMILES string of the molecule is CCCNC(Cc1cc(Cl)ccc1Cl)C1CCC(C)C1. The monoisotopic (exact) mass is 313 g/mol. The Labute approximate surface area is 133 Å². The largest absolute Gasteiger partial charge is 0.313 e. The highest BCUT2D eigenvalue weighted by molar-refractivity contribution is 6.33. The molecule has 1 saturated carbocycles. The second-order valence-electron chi connectivity index (χ2n) is 6.18. The molecule has 0 heterocycles. The van der Waals surface area contributed by atoms with Gasteiger partial charge < -0.3 is 5.32 Å². The van der Waals surface area contributed by atoms with Gasteiger partial charge in [0.2, 0.25) is 0 Å². The number of hydrogen-bond acceptors (Lipinski definition) is 1. The highest BCUT2D eigenvalue weighted by atomic mass is 35.5. The third-order valence-electron chi connectivity index (χ3n) is 4.41. The molecule has 0 bridgehead atoms. The lowest BCUT2D eigenvalue weighted by atomic mass is 9.91. The molecule has 112 valence electrons. The van der Waals surface area contributed by atoms with E-state index < -0.39 is 0 Å². The van der Waals surface area contributed by atoms with Crippen LogP contribution in [0, 0.1) is 11.8 Å². The van der Waals surface area contributed by atoms with E-state index in [1.54, 1.807) is 0 Å². The van der Waals surface area contributed by atoms with Crippen molar-refractivity contribution in [3.05, 3.63) is 33.8 Å². The molecule has 2 rings (SSSR count). The summed E-state index contributed by atoms with van der Waals surface area (Å²) in [5, 5.41) is 5.34. The molecular weight excluding hydrogens is 289 g/mol. The van der Waals surface area contributed by atoms with E-state index in [1.165, 1.54) is 31.2 Å². The van der Waals surface area contributed by atoms with Gasteiger partial charge in [0, 0.05) is 16.1 Å². The Kier molecular flexibility index (Phi) is 6.20. The Bertz CT molecular complexity index is 433. The lowest BCUT2D eigenvalue weighted by Gasteiger charge is -2.25. The Morgan fingerprint density at radius 1 is 1.30 bits per heavy atom. The minimum atomic E-state index is 0.524. The normalized spacial score (nSPS) is 24.0.